The van der Waals surface area contributed by atoms with Crippen molar-refractivity contribution >= 4 is 23.2 Å². The predicted molar refractivity (Wildman–Crippen MR) is 84.6 cm³/mol. The number of aromatic nitrogens is 2. The quantitative estimate of drug-likeness (QED) is 0.368. The number of ether oxygens (including phenoxy) is 1. The van der Waals surface area contributed by atoms with Crippen LogP contribution >= 0.6 is 12.2 Å². The Labute approximate surface area is 130 Å². The maximum absolute atomic E-state index is 11.6. The third-order valence-electron chi connectivity index (χ3n) is 2.60. The van der Waals surface area contributed by atoms with Gasteiger partial charge in [-0.1, -0.05) is 0 Å². The fraction of sp³-hybridized carbons (Fsp3) is 0.615. The Hall–Kier alpha value is -1.67. The summed E-state index contributed by atoms with van der Waals surface area (Å²) in [5.41, 5.74) is 6.29. The maximum Gasteiger partial charge on any atom is 0.240 e. The minimum Gasteiger partial charge on any atom is -0.382 e. The van der Waals surface area contributed by atoms with Crippen molar-refractivity contribution in [2.75, 3.05) is 19.8 Å². The first-order valence-corrected chi connectivity index (χ1v) is 7.42. The van der Waals surface area contributed by atoms with Gasteiger partial charge in [0.1, 0.15) is 0 Å². The van der Waals surface area contributed by atoms with Gasteiger partial charge in [-0.15, -0.1) is 0 Å². The van der Waals surface area contributed by atoms with E-state index >= 15 is 0 Å². The maximum atomic E-state index is 11.6. The Morgan fingerprint density at radius 1 is 1.48 bits per heavy atom. The average molecular weight is 313 g/mol. The van der Waals surface area contributed by atoms with Gasteiger partial charge < -0.3 is 10.1 Å². The lowest BCUT2D eigenvalue weighted by Crippen LogP contribution is -2.47. The summed E-state index contributed by atoms with van der Waals surface area (Å²) in [6, 6.07) is 0. The topological polar surface area (TPSA) is 80.2 Å². The molecule has 0 radical (unpaired) electrons. The number of carbonyl (C=O) groups excluding carboxylic acids is 1. The van der Waals surface area contributed by atoms with E-state index in [9.17, 15) is 4.79 Å². The summed E-state index contributed by atoms with van der Waals surface area (Å²) >= 11 is 5.04. The van der Waals surface area contributed by atoms with Gasteiger partial charge in [0.2, 0.25) is 5.91 Å². The molecule has 8 heteroatoms. The Morgan fingerprint density at radius 2 is 2.29 bits per heavy atom. The monoisotopic (exact) mass is 313 g/mol. The molecule has 3 N–H and O–H groups in total. The van der Waals surface area contributed by atoms with Crippen LogP contribution in [0.15, 0.2) is 12.4 Å². The molecular weight excluding hydrogens is 290 g/mol. The molecule has 21 heavy (non-hydrogen) atoms. The van der Waals surface area contributed by atoms with Crippen LogP contribution < -0.4 is 16.2 Å². The number of aryl methyl sites for hydroxylation is 2. The second kappa shape index (κ2) is 10.1. The summed E-state index contributed by atoms with van der Waals surface area (Å²) in [6.45, 7) is 6.57. The highest BCUT2D eigenvalue weighted by Crippen LogP contribution is 1.95. The van der Waals surface area contributed by atoms with E-state index in [1.54, 1.807) is 10.9 Å². The van der Waals surface area contributed by atoms with E-state index in [1.807, 2.05) is 20.0 Å². The molecule has 1 aromatic rings. The van der Waals surface area contributed by atoms with Gasteiger partial charge in [0.05, 0.1) is 6.20 Å². The normalized spacial score (nSPS) is 10.2. The van der Waals surface area contributed by atoms with Crippen LogP contribution in [0, 0.1) is 6.92 Å². The van der Waals surface area contributed by atoms with E-state index in [2.05, 4.69) is 21.3 Å². The van der Waals surface area contributed by atoms with Gasteiger partial charge in [-0.2, -0.15) is 5.10 Å². The molecule has 0 spiro atoms. The zero-order valence-electron chi connectivity index (χ0n) is 12.5. The van der Waals surface area contributed by atoms with Gasteiger partial charge in [0.25, 0.3) is 0 Å². The standard InChI is InChI=1S/C13H23N5O2S/c1-3-20-8-4-6-14-13(21)17-16-12(19)5-7-18-10-11(2)9-15-18/h9-10H,3-8H2,1-2H3,(H,16,19)(H2,14,17,21). The van der Waals surface area contributed by atoms with Gasteiger partial charge in [-0.05, 0) is 38.0 Å². The zero-order chi connectivity index (χ0) is 15.5. The predicted octanol–water partition coefficient (Wildman–Crippen LogP) is 0.504. The molecule has 0 unspecified atom stereocenters. The minimum atomic E-state index is -0.137. The molecule has 0 fully saturated rings. The van der Waals surface area contributed by atoms with Gasteiger partial charge in [-0.25, -0.2) is 0 Å². The molecule has 1 aromatic heterocycles. The average Bonchev–Trinajstić information content (AvgIpc) is 2.88. The third kappa shape index (κ3) is 8.26. The zero-order valence-corrected chi connectivity index (χ0v) is 13.3. The third-order valence-corrected chi connectivity index (χ3v) is 2.85. The summed E-state index contributed by atoms with van der Waals surface area (Å²) in [5, 5.41) is 7.49. The number of nitrogens with zero attached hydrogens (tertiary/aromatic N) is 2. The van der Waals surface area contributed by atoms with Crippen molar-refractivity contribution in [3.63, 3.8) is 0 Å². The first-order chi connectivity index (χ1) is 10.1. The van der Waals surface area contributed by atoms with Crippen LogP contribution in [0.2, 0.25) is 0 Å². The molecule has 118 valence electrons. The Kier molecular flexibility index (Phi) is 8.37. The van der Waals surface area contributed by atoms with Gasteiger partial charge >= 0.3 is 0 Å². The molecule has 0 aliphatic heterocycles. The van der Waals surface area contributed by atoms with E-state index in [1.165, 1.54) is 0 Å². The Morgan fingerprint density at radius 3 is 2.95 bits per heavy atom. The molecule has 1 rings (SSSR count). The lowest BCUT2D eigenvalue weighted by molar-refractivity contribution is -0.121. The highest BCUT2D eigenvalue weighted by atomic mass is 32.1. The van der Waals surface area contributed by atoms with Crippen molar-refractivity contribution < 1.29 is 9.53 Å². The molecule has 0 saturated heterocycles. The van der Waals surface area contributed by atoms with Crippen molar-refractivity contribution in [1.29, 1.82) is 0 Å². The molecule has 0 saturated carbocycles. The Balaban J connectivity index is 2.05. The molecule has 0 aliphatic rings. The number of amides is 1. The van der Waals surface area contributed by atoms with E-state index < -0.39 is 0 Å². The highest BCUT2D eigenvalue weighted by Gasteiger charge is 2.03. The van der Waals surface area contributed by atoms with Gasteiger partial charge in [0.15, 0.2) is 5.11 Å². The van der Waals surface area contributed by atoms with E-state index in [4.69, 9.17) is 17.0 Å². The minimum absolute atomic E-state index is 0.137. The fourth-order valence-corrected chi connectivity index (χ4v) is 1.71. The lowest BCUT2D eigenvalue weighted by Gasteiger charge is -2.11. The van der Waals surface area contributed by atoms with E-state index in [0.29, 0.717) is 37.8 Å². The van der Waals surface area contributed by atoms with Crippen LogP contribution in [0.4, 0.5) is 0 Å². The Bertz CT molecular complexity index is 450. The number of nitrogens with one attached hydrogen (secondary N) is 3. The first-order valence-electron chi connectivity index (χ1n) is 7.01. The van der Waals surface area contributed by atoms with Gasteiger partial charge in [0, 0.05) is 38.9 Å². The molecule has 0 bridgehead atoms. The highest BCUT2D eigenvalue weighted by molar-refractivity contribution is 7.80. The number of carbonyl (C=O) groups is 1. The van der Waals surface area contributed by atoms with Crippen LogP contribution in [0.3, 0.4) is 0 Å². The molecule has 1 amide bonds. The molecule has 7 nitrogen and oxygen atoms in total. The van der Waals surface area contributed by atoms with Crippen molar-refractivity contribution in [3.05, 3.63) is 18.0 Å². The second-order valence-electron chi connectivity index (χ2n) is 4.51. The summed E-state index contributed by atoms with van der Waals surface area (Å²) in [7, 11) is 0. The smallest absolute Gasteiger partial charge is 0.240 e. The van der Waals surface area contributed by atoms with Crippen LogP contribution in [0.1, 0.15) is 25.3 Å². The van der Waals surface area contributed by atoms with Gasteiger partial charge in [-0.3, -0.25) is 20.3 Å². The van der Waals surface area contributed by atoms with Crippen molar-refractivity contribution in [2.24, 2.45) is 0 Å². The number of hydrogen-bond acceptors (Lipinski definition) is 4. The van der Waals surface area contributed by atoms with Crippen molar-refractivity contribution in [2.45, 2.75) is 33.2 Å². The number of hydrazine groups is 1. The summed E-state index contributed by atoms with van der Waals surface area (Å²) < 4.78 is 6.94. The summed E-state index contributed by atoms with van der Waals surface area (Å²) in [5.74, 6) is -0.137. The lowest BCUT2D eigenvalue weighted by atomic mass is 10.4. The molecule has 0 aliphatic carbocycles. The molecule has 0 aromatic carbocycles. The SMILES string of the molecule is CCOCCCNC(=S)NNC(=O)CCn1cc(C)cn1. The van der Waals surface area contributed by atoms with Crippen LogP contribution in [0.25, 0.3) is 0 Å². The fourth-order valence-electron chi connectivity index (χ4n) is 1.56. The van der Waals surface area contributed by atoms with E-state index in [0.717, 1.165) is 12.0 Å². The van der Waals surface area contributed by atoms with Crippen LogP contribution in [-0.4, -0.2) is 40.6 Å². The molecule has 0 atom stereocenters. The molecular formula is C13H23N5O2S. The summed E-state index contributed by atoms with van der Waals surface area (Å²) in [6.07, 6.45) is 4.85. The van der Waals surface area contributed by atoms with Crippen LogP contribution in [-0.2, 0) is 16.1 Å². The number of rotatable bonds is 8. The summed E-state index contributed by atoms with van der Waals surface area (Å²) in [4.78, 5) is 11.6. The first kappa shape index (κ1) is 17.4. The molecule has 1 heterocycles. The van der Waals surface area contributed by atoms with Crippen molar-refractivity contribution in [1.82, 2.24) is 25.9 Å². The van der Waals surface area contributed by atoms with E-state index in [-0.39, 0.29) is 5.91 Å². The van der Waals surface area contributed by atoms with Crippen molar-refractivity contribution in [3.8, 4) is 0 Å². The second-order valence-corrected chi connectivity index (χ2v) is 4.92. The largest absolute Gasteiger partial charge is 0.382 e. The number of thiocarbonyl (C=S) groups is 1. The number of hydrogen-bond donors (Lipinski definition) is 3. The van der Waals surface area contributed by atoms with Crippen LogP contribution in [0.5, 0.6) is 0 Å².